The second kappa shape index (κ2) is 7.16. The van der Waals surface area contributed by atoms with E-state index >= 15 is 0 Å². The molecule has 3 unspecified atom stereocenters. The fourth-order valence-electron chi connectivity index (χ4n) is 5.34. The summed E-state index contributed by atoms with van der Waals surface area (Å²) in [5.74, 6) is -5.91. The van der Waals surface area contributed by atoms with Crippen LogP contribution in [0.3, 0.4) is 0 Å². The Morgan fingerprint density at radius 1 is 0.824 bits per heavy atom. The Kier molecular flexibility index (Phi) is 4.40. The highest BCUT2D eigenvalue weighted by atomic mass is 35.5. The van der Waals surface area contributed by atoms with Gasteiger partial charge in [-0.2, -0.15) is 0 Å². The Morgan fingerprint density at radius 2 is 1.47 bits per heavy atom. The monoisotopic (exact) mass is 475 g/mol. The number of ether oxygens (including phenoxy) is 1. The molecule has 6 rings (SSSR count). The van der Waals surface area contributed by atoms with Gasteiger partial charge in [0.05, 0.1) is 23.6 Å². The number of carbonyl (C=O) groups excluding carboxylic acids is 4. The molecule has 2 fully saturated rings. The molecule has 3 aromatic rings. The number of amides is 2. The number of benzene rings is 3. The second-order valence-electron chi connectivity index (χ2n) is 8.52. The van der Waals surface area contributed by atoms with E-state index < -0.39 is 52.7 Å². The molecular weight excluding hydrogens is 461 g/mol. The summed E-state index contributed by atoms with van der Waals surface area (Å²) < 4.78 is 20.1. The number of ketones is 2. The predicted molar refractivity (Wildman–Crippen MR) is 119 cm³/mol. The van der Waals surface area contributed by atoms with E-state index in [1.54, 1.807) is 36.4 Å². The summed E-state index contributed by atoms with van der Waals surface area (Å²) in [4.78, 5) is 55.5. The van der Waals surface area contributed by atoms with Gasteiger partial charge < -0.3 is 4.74 Å². The van der Waals surface area contributed by atoms with Crippen LogP contribution in [0.1, 0.15) is 32.4 Å². The van der Waals surface area contributed by atoms with E-state index in [1.807, 2.05) is 0 Å². The first-order chi connectivity index (χ1) is 16.3. The standard InChI is InChI=1S/C26H15ClFNO5/c27-14-10-8-13(9-11-14)21-19-20(25(33)29(24(19)32)16-5-3-4-15(28)12-16)26(34-21)22(30)17-6-1-2-7-18(17)23(26)31/h1-12,19-21H. The molecule has 3 atom stereocenters. The third kappa shape index (κ3) is 2.59. The highest BCUT2D eigenvalue weighted by molar-refractivity contribution is 6.37. The Balaban J connectivity index is 1.55. The molecule has 0 radical (unpaired) electrons. The van der Waals surface area contributed by atoms with Crippen LogP contribution in [-0.4, -0.2) is 29.0 Å². The summed E-state index contributed by atoms with van der Waals surface area (Å²) >= 11 is 6.01. The highest BCUT2D eigenvalue weighted by Crippen LogP contribution is 2.57. The van der Waals surface area contributed by atoms with Gasteiger partial charge in [-0.1, -0.05) is 54.1 Å². The Bertz CT molecular complexity index is 1380. The van der Waals surface area contributed by atoms with Gasteiger partial charge in [0.15, 0.2) is 0 Å². The molecule has 6 nitrogen and oxygen atoms in total. The minimum atomic E-state index is -2.17. The molecule has 2 heterocycles. The Morgan fingerprint density at radius 3 is 2.09 bits per heavy atom. The van der Waals surface area contributed by atoms with Crippen LogP contribution in [0.5, 0.6) is 0 Å². The van der Waals surface area contributed by atoms with Crippen LogP contribution in [0.4, 0.5) is 10.1 Å². The minimum absolute atomic E-state index is 0.0322. The fourth-order valence-corrected chi connectivity index (χ4v) is 5.47. The Labute approximate surface area is 197 Å². The average Bonchev–Trinajstić information content (AvgIpc) is 3.40. The first-order valence-electron chi connectivity index (χ1n) is 10.6. The summed E-state index contributed by atoms with van der Waals surface area (Å²) in [6.07, 6.45) is -1.06. The number of nitrogens with zero attached hydrogens (tertiary/aromatic N) is 1. The predicted octanol–water partition coefficient (Wildman–Crippen LogP) is 4.17. The van der Waals surface area contributed by atoms with Crippen molar-refractivity contribution < 1.29 is 28.3 Å². The molecule has 1 spiro atoms. The zero-order valence-corrected chi connectivity index (χ0v) is 18.2. The number of Topliss-reactive ketones (excluding diaryl/α,β-unsaturated/α-hetero) is 2. The third-order valence-electron chi connectivity index (χ3n) is 6.78. The maximum Gasteiger partial charge on any atom is 0.241 e. The number of hydrogen-bond donors (Lipinski definition) is 0. The van der Waals surface area contributed by atoms with Crippen molar-refractivity contribution >= 4 is 40.7 Å². The van der Waals surface area contributed by atoms with Crippen molar-refractivity contribution in [1.82, 2.24) is 0 Å². The first-order valence-corrected chi connectivity index (χ1v) is 11.0. The van der Waals surface area contributed by atoms with E-state index in [0.717, 1.165) is 11.0 Å². The van der Waals surface area contributed by atoms with Crippen LogP contribution >= 0.6 is 11.6 Å². The van der Waals surface area contributed by atoms with Gasteiger partial charge in [0.1, 0.15) is 5.82 Å². The summed E-state index contributed by atoms with van der Waals surface area (Å²) in [5, 5.41) is 0.448. The van der Waals surface area contributed by atoms with Crippen LogP contribution in [-0.2, 0) is 14.3 Å². The van der Waals surface area contributed by atoms with E-state index in [1.165, 1.54) is 30.3 Å². The summed E-state index contributed by atoms with van der Waals surface area (Å²) in [6.45, 7) is 0. The highest BCUT2D eigenvalue weighted by Gasteiger charge is 2.74. The van der Waals surface area contributed by atoms with Crippen molar-refractivity contribution in [3.8, 4) is 0 Å². The lowest BCUT2D eigenvalue weighted by Gasteiger charge is -2.27. The largest absolute Gasteiger partial charge is 0.349 e. The van der Waals surface area contributed by atoms with E-state index in [4.69, 9.17) is 16.3 Å². The summed E-state index contributed by atoms with van der Waals surface area (Å²) in [5.41, 5.74) is -1.35. The van der Waals surface area contributed by atoms with Crippen molar-refractivity contribution in [3.05, 3.63) is 100 Å². The van der Waals surface area contributed by atoms with Crippen LogP contribution in [0, 0.1) is 17.7 Å². The van der Waals surface area contributed by atoms with Gasteiger partial charge in [-0.25, -0.2) is 9.29 Å². The van der Waals surface area contributed by atoms with E-state index in [0.29, 0.717) is 10.6 Å². The molecule has 8 heteroatoms. The van der Waals surface area contributed by atoms with Gasteiger partial charge in [0, 0.05) is 16.1 Å². The van der Waals surface area contributed by atoms with Crippen molar-refractivity contribution in [2.45, 2.75) is 11.7 Å². The molecule has 0 aromatic heterocycles. The number of hydrogen-bond acceptors (Lipinski definition) is 5. The van der Waals surface area contributed by atoms with Crippen molar-refractivity contribution in [3.63, 3.8) is 0 Å². The van der Waals surface area contributed by atoms with Gasteiger partial charge in [-0.3, -0.25) is 19.2 Å². The van der Waals surface area contributed by atoms with E-state index in [2.05, 4.69) is 0 Å². The van der Waals surface area contributed by atoms with E-state index in [9.17, 15) is 23.6 Å². The van der Waals surface area contributed by atoms with Gasteiger partial charge in [-0.05, 0) is 35.9 Å². The Hall–Kier alpha value is -3.68. The van der Waals surface area contributed by atoms with Gasteiger partial charge in [0.25, 0.3) is 0 Å². The van der Waals surface area contributed by atoms with Crippen LogP contribution in [0.25, 0.3) is 0 Å². The molecule has 168 valence electrons. The van der Waals surface area contributed by atoms with Crippen LogP contribution in [0.15, 0.2) is 72.8 Å². The SMILES string of the molecule is O=C1C2C(c3ccc(Cl)cc3)OC3(C(=O)c4ccccc4C3=O)C2C(=O)N1c1cccc(F)c1. The van der Waals surface area contributed by atoms with Crippen molar-refractivity contribution in [2.75, 3.05) is 4.90 Å². The molecular formula is C26H15ClFNO5. The average molecular weight is 476 g/mol. The second-order valence-corrected chi connectivity index (χ2v) is 8.96. The number of anilines is 1. The third-order valence-corrected chi connectivity index (χ3v) is 7.04. The fraction of sp³-hybridized carbons (Fsp3) is 0.154. The molecule has 2 aliphatic heterocycles. The van der Waals surface area contributed by atoms with Crippen molar-refractivity contribution in [2.24, 2.45) is 11.8 Å². The molecule has 34 heavy (non-hydrogen) atoms. The maximum atomic E-state index is 13.9. The number of halogens is 2. The van der Waals surface area contributed by atoms with Crippen LogP contribution in [0.2, 0.25) is 5.02 Å². The lowest BCUT2D eigenvalue weighted by Crippen LogP contribution is -2.51. The zero-order chi connectivity index (χ0) is 23.8. The first kappa shape index (κ1) is 20.9. The number of rotatable bonds is 2. The van der Waals surface area contributed by atoms with Gasteiger partial charge in [0.2, 0.25) is 29.0 Å². The minimum Gasteiger partial charge on any atom is -0.349 e. The van der Waals surface area contributed by atoms with Gasteiger partial charge >= 0.3 is 0 Å². The molecule has 1 aliphatic carbocycles. The molecule has 2 amide bonds. The van der Waals surface area contributed by atoms with Crippen LogP contribution < -0.4 is 4.90 Å². The molecule has 0 N–H and O–H groups in total. The summed E-state index contributed by atoms with van der Waals surface area (Å²) in [7, 11) is 0. The zero-order valence-electron chi connectivity index (χ0n) is 17.4. The number of imide groups is 1. The summed E-state index contributed by atoms with van der Waals surface area (Å²) in [6, 6.07) is 17.8. The number of fused-ring (bicyclic) bond motifs is 3. The maximum absolute atomic E-state index is 13.9. The normalized spacial score (nSPS) is 24.8. The lowest BCUT2D eigenvalue weighted by molar-refractivity contribution is -0.127. The van der Waals surface area contributed by atoms with Crippen molar-refractivity contribution in [1.29, 1.82) is 0 Å². The quantitative estimate of drug-likeness (QED) is 0.410. The van der Waals surface area contributed by atoms with E-state index in [-0.39, 0.29) is 16.8 Å². The molecule has 0 saturated carbocycles. The number of carbonyl (C=O) groups is 4. The molecule has 0 bridgehead atoms. The molecule has 3 aromatic carbocycles. The van der Waals surface area contributed by atoms with Gasteiger partial charge in [-0.15, -0.1) is 0 Å². The lowest BCUT2D eigenvalue weighted by atomic mass is 9.77. The molecule has 3 aliphatic rings. The molecule has 2 saturated heterocycles. The smallest absolute Gasteiger partial charge is 0.241 e. The topological polar surface area (TPSA) is 80.8 Å².